The summed E-state index contributed by atoms with van der Waals surface area (Å²) in [4.78, 5) is 46.5. The number of rotatable bonds is 7. The van der Waals surface area contributed by atoms with E-state index in [1.54, 1.807) is 11.1 Å². The molecule has 280 valence electrons. The summed E-state index contributed by atoms with van der Waals surface area (Å²) in [5.74, 6) is 0.581. The number of benzene rings is 2. The van der Waals surface area contributed by atoms with E-state index in [0.29, 0.717) is 70.5 Å². The van der Waals surface area contributed by atoms with E-state index in [4.69, 9.17) is 9.88 Å². The zero-order valence-electron chi connectivity index (χ0n) is 30.1. The fourth-order valence-electron chi connectivity index (χ4n) is 8.83. The smallest absolute Gasteiger partial charge is 0.410 e. The van der Waals surface area contributed by atoms with Gasteiger partial charge in [0, 0.05) is 76.4 Å². The van der Waals surface area contributed by atoms with Gasteiger partial charge in [0.15, 0.2) is 6.10 Å². The summed E-state index contributed by atoms with van der Waals surface area (Å²) < 4.78 is 32.9. The molecule has 0 radical (unpaired) electrons. The summed E-state index contributed by atoms with van der Waals surface area (Å²) in [6.45, 7) is 5.45. The van der Waals surface area contributed by atoms with Gasteiger partial charge < -0.3 is 24.8 Å². The number of piperidine rings is 3. The summed E-state index contributed by atoms with van der Waals surface area (Å²) in [7, 11) is -1.78. The van der Waals surface area contributed by atoms with Crippen LogP contribution in [0.25, 0.3) is 10.9 Å². The van der Waals surface area contributed by atoms with E-state index in [0.717, 1.165) is 65.4 Å². The van der Waals surface area contributed by atoms with Crippen LogP contribution in [0.4, 0.5) is 15.3 Å². The van der Waals surface area contributed by atoms with E-state index in [1.165, 1.54) is 4.31 Å². The van der Waals surface area contributed by atoms with Crippen molar-refractivity contribution in [3.8, 4) is 0 Å². The summed E-state index contributed by atoms with van der Waals surface area (Å²) in [5.41, 5.74) is 4.90. The van der Waals surface area contributed by atoms with Gasteiger partial charge in [0.25, 0.3) is 16.1 Å². The number of carbonyl (C=O) groups excluding carboxylic acids is 3. The van der Waals surface area contributed by atoms with Gasteiger partial charge >= 0.3 is 12.1 Å². The molecule has 3 saturated heterocycles. The maximum absolute atomic E-state index is 14.2. The number of ether oxygens (including phenoxy) is 1. The Morgan fingerprint density at radius 3 is 2.29 bits per heavy atom. The highest BCUT2D eigenvalue weighted by Gasteiger charge is 2.37. The molecule has 52 heavy (non-hydrogen) atoms. The second kappa shape index (κ2) is 15.0. The van der Waals surface area contributed by atoms with Gasteiger partial charge in [0.05, 0.1) is 11.7 Å². The summed E-state index contributed by atoms with van der Waals surface area (Å²) in [6, 6.07) is 11.8. The Balaban J connectivity index is 0.996. The monoisotopic (exact) mass is 734 g/mol. The van der Waals surface area contributed by atoms with E-state index >= 15 is 0 Å². The van der Waals surface area contributed by atoms with Crippen molar-refractivity contribution in [1.29, 1.82) is 0 Å². The van der Waals surface area contributed by atoms with Gasteiger partial charge in [-0.3, -0.25) is 9.48 Å². The second-order valence-corrected chi connectivity index (χ2v) is 16.4. The van der Waals surface area contributed by atoms with E-state index in [-0.39, 0.29) is 24.4 Å². The number of amides is 4. The molecule has 3 aromatic rings. The van der Waals surface area contributed by atoms with Gasteiger partial charge in [0.2, 0.25) is 0 Å². The third kappa shape index (κ3) is 7.76. The molecule has 3 N–H and O–H groups in total. The molecule has 4 amide bonds. The molecule has 14 nitrogen and oxygen atoms in total. The van der Waals surface area contributed by atoms with Crippen molar-refractivity contribution in [2.45, 2.75) is 70.4 Å². The Hall–Kier alpha value is -4.21. The number of fused-ring (bicyclic) bond motifs is 2. The van der Waals surface area contributed by atoms with Crippen LogP contribution < -0.4 is 10.5 Å². The number of nitrogens with two attached hydrogens (primary N) is 1. The number of nitrogens with zero attached hydrogens (tertiary/aromatic N) is 6. The lowest BCUT2D eigenvalue weighted by molar-refractivity contribution is -0.142. The first kappa shape index (κ1) is 36.2. The first-order valence-electron chi connectivity index (χ1n) is 18.5. The number of hydrogen-bond acceptors (Lipinski definition) is 7. The molecule has 1 atom stereocenters. The van der Waals surface area contributed by atoms with Crippen LogP contribution >= 0.6 is 0 Å². The van der Waals surface area contributed by atoms with Crippen LogP contribution in [0.2, 0.25) is 0 Å². The van der Waals surface area contributed by atoms with E-state index in [2.05, 4.69) is 10.4 Å². The van der Waals surface area contributed by atoms with Crippen LogP contribution in [-0.2, 0) is 39.6 Å². The number of nitrogens with one attached hydrogen (secondary N) is 1. The van der Waals surface area contributed by atoms with Crippen molar-refractivity contribution in [3.63, 3.8) is 0 Å². The molecule has 4 aliphatic rings. The van der Waals surface area contributed by atoms with E-state index in [9.17, 15) is 22.8 Å². The molecule has 15 heteroatoms. The second-order valence-electron chi connectivity index (χ2n) is 14.9. The largest absolute Gasteiger partial charge is 0.436 e. The fraction of sp³-hybridized carbons (Fsp3) is 0.568. The fourth-order valence-corrected chi connectivity index (χ4v) is 9.55. The van der Waals surface area contributed by atoms with Crippen molar-refractivity contribution >= 4 is 44.8 Å². The molecule has 0 saturated carbocycles. The van der Waals surface area contributed by atoms with Crippen molar-refractivity contribution in [3.05, 3.63) is 59.3 Å². The Bertz CT molecular complexity index is 1910. The van der Waals surface area contributed by atoms with Gasteiger partial charge in [0.1, 0.15) is 0 Å². The molecule has 2 aromatic carbocycles. The van der Waals surface area contributed by atoms with Crippen LogP contribution in [-0.4, -0.2) is 113 Å². The molecule has 0 bridgehead atoms. The minimum Gasteiger partial charge on any atom is -0.436 e. The van der Waals surface area contributed by atoms with Gasteiger partial charge in [-0.15, -0.1) is 0 Å². The first-order chi connectivity index (χ1) is 24.9. The van der Waals surface area contributed by atoms with Crippen LogP contribution in [0.15, 0.2) is 42.6 Å². The summed E-state index contributed by atoms with van der Waals surface area (Å²) in [6.07, 6.45) is 5.70. The zero-order valence-corrected chi connectivity index (χ0v) is 30.9. The van der Waals surface area contributed by atoms with Crippen LogP contribution in [0, 0.1) is 18.8 Å². The van der Waals surface area contributed by atoms with Gasteiger partial charge in [-0.1, -0.05) is 24.3 Å². The molecule has 1 aromatic heterocycles. The summed E-state index contributed by atoms with van der Waals surface area (Å²) >= 11 is 0. The number of hydrogen-bond donors (Lipinski definition) is 2. The van der Waals surface area contributed by atoms with Crippen molar-refractivity contribution in [2.24, 2.45) is 24.0 Å². The molecule has 7 rings (SSSR count). The van der Waals surface area contributed by atoms with Crippen molar-refractivity contribution in [2.75, 3.05) is 51.1 Å². The number of aromatic nitrogens is 2. The average Bonchev–Trinajstić information content (AvgIpc) is 3.43. The number of anilines is 1. The Morgan fingerprint density at radius 1 is 0.942 bits per heavy atom. The van der Waals surface area contributed by atoms with Crippen molar-refractivity contribution < 1.29 is 27.5 Å². The minimum atomic E-state index is -3.68. The highest BCUT2D eigenvalue weighted by Crippen LogP contribution is 2.34. The molecule has 0 unspecified atom stereocenters. The van der Waals surface area contributed by atoms with Gasteiger partial charge in [-0.05, 0) is 92.5 Å². The van der Waals surface area contributed by atoms with Crippen LogP contribution in [0.1, 0.15) is 55.2 Å². The Labute approximate surface area is 305 Å². The number of likely N-dealkylation sites (tertiary alicyclic amines) is 2. The molecule has 5 heterocycles. The number of carbonyl (C=O) groups is 3. The lowest BCUT2D eigenvalue weighted by Gasteiger charge is -2.40. The topological polar surface area (TPSA) is 163 Å². The maximum atomic E-state index is 14.2. The highest BCUT2D eigenvalue weighted by molar-refractivity contribution is 7.86. The molecule has 3 fully saturated rings. The predicted molar refractivity (Wildman–Crippen MR) is 197 cm³/mol. The predicted octanol–water partition coefficient (Wildman–Crippen LogP) is 3.64. The highest BCUT2D eigenvalue weighted by atomic mass is 32.2. The molecule has 0 spiro atoms. The zero-order chi connectivity index (χ0) is 36.6. The quantitative estimate of drug-likeness (QED) is 0.375. The molecule has 4 aliphatic heterocycles. The SMILES string of the molecule is Cc1cc(C[C@@H](OC(=O)N2CCC(N3CCc4ccccc4NC3=O)CC2)C(=O)N2CCC(C3CCN(S(N)(=O)=O)CC3)CC2)cc2cnn(C)c12. The van der Waals surface area contributed by atoms with E-state index < -0.39 is 22.4 Å². The van der Waals surface area contributed by atoms with Crippen LogP contribution in [0.5, 0.6) is 0 Å². The van der Waals surface area contributed by atoms with Crippen molar-refractivity contribution in [1.82, 2.24) is 28.8 Å². The van der Waals surface area contributed by atoms with Gasteiger partial charge in [-0.25, -0.2) is 14.7 Å². The molecular formula is C37H50N8O6S. The summed E-state index contributed by atoms with van der Waals surface area (Å²) in [5, 5.41) is 13.8. The third-order valence-corrected chi connectivity index (χ3v) is 12.8. The number of urea groups is 1. The third-order valence-electron chi connectivity index (χ3n) is 11.7. The molecule has 0 aliphatic carbocycles. The minimum absolute atomic E-state index is 0.00165. The van der Waals surface area contributed by atoms with E-state index in [1.807, 2.05) is 64.9 Å². The Morgan fingerprint density at radius 2 is 1.60 bits per heavy atom. The standard InChI is InChI=1S/C37H50N8O6S/c1-25-21-26(22-30-24-39-41(2)34(25)30)23-33(35(46)42-14-7-27(8-15-42)28-9-18-44(19-10-28)52(38,49)50)51-37(48)43-16-12-31(13-17-43)45-20-11-29-5-3-4-6-32(29)40-36(45)47/h3-6,21-22,24,27-28,31,33H,7-20,23H2,1-2H3,(H,40,47)(H2,38,49,50)/t33-/m1/s1. The number of aryl methyl sites for hydroxylation is 2. The maximum Gasteiger partial charge on any atom is 0.410 e. The normalized spacial score (nSPS) is 20.8. The first-order valence-corrected chi connectivity index (χ1v) is 20.0. The Kier molecular flexibility index (Phi) is 10.5. The van der Waals surface area contributed by atoms with Gasteiger partial charge in [-0.2, -0.15) is 17.8 Å². The van der Waals surface area contributed by atoms with Crippen LogP contribution in [0.3, 0.4) is 0 Å². The number of para-hydroxylation sites is 1. The molecular weight excluding hydrogens is 685 g/mol. The average molecular weight is 735 g/mol. The lowest BCUT2D eigenvalue weighted by Crippen LogP contribution is -2.52. The lowest BCUT2D eigenvalue weighted by atomic mass is 9.79.